The van der Waals surface area contributed by atoms with Crippen molar-refractivity contribution in [3.05, 3.63) is 0 Å². The number of Topliss-reactive ketones (excluding diaryl/α,β-unsaturated/α-hetero) is 1. The summed E-state index contributed by atoms with van der Waals surface area (Å²) in [4.78, 5) is 22.8. The van der Waals surface area contributed by atoms with Crippen molar-refractivity contribution in [3.63, 3.8) is 0 Å². The number of rotatable bonds is 5. The number of hydrogen-bond donors (Lipinski definition) is 0. The maximum atomic E-state index is 12.8. The molecule has 1 saturated carbocycles. The number of carbonyl (C=O) groups excluding carboxylic acids is 2. The molecule has 0 N–H and O–H groups in total. The molecule has 0 amide bonds. The second-order valence-corrected chi connectivity index (χ2v) is 5.12. The molecule has 2 atom stereocenters. The van der Waals surface area contributed by atoms with Crippen molar-refractivity contribution in [2.45, 2.75) is 43.2 Å². The topological polar surface area (TPSA) is 84.9 Å². The highest BCUT2D eigenvalue weighted by Gasteiger charge is 2.61. The molecule has 10 heteroatoms. The first-order valence-corrected chi connectivity index (χ1v) is 5.91. The average molecular weight is 303 g/mol. The van der Waals surface area contributed by atoms with Crippen molar-refractivity contribution in [1.82, 2.24) is 0 Å². The monoisotopic (exact) mass is 303 g/mol. The lowest BCUT2D eigenvalue weighted by Gasteiger charge is -2.28. The van der Waals surface area contributed by atoms with Gasteiger partial charge in [0.25, 0.3) is 0 Å². The molecular formula is C9H10F3O6S-. The normalized spacial score (nSPS) is 23.2. The first kappa shape index (κ1) is 16.2. The van der Waals surface area contributed by atoms with Crippen LogP contribution in [0, 0.1) is 0 Å². The fourth-order valence-electron chi connectivity index (χ4n) is 1.43. The molecule has 0 heterocycles. The fraction of sp³-hybridized carbons (Fsp3) is 0.778. The van der Waals surface area contributed by atoms with E-state index in [-0.39, 0.29) is 12.8 Å². The molecule has 1 aliphatic rings. The van der Waals surface area contributed by atoms with Crippen LogP contribution in [0.25, 0.3) is 0 Å². The summed E-state index contributed by atoms with van der Waals surface area (Å²) in [6.45, 7) is 0.471. The lowest BCUT2D eigenvalue weighted by Crippen LogP contribution is -2.49. The molecule has 0 aromatic rings. The van der Waals surface area contributed by atoms with Crippen LogP contribution in [-0.4, -0.2) is 28.8 Å². The largest absolute Gasteiger partial charge is 0.691 e. The van der Waals surface area contributed by atoms with E-state index < -0.39 is 40.8 Å². The number of ketones is 1. The summed E-state index contributed by atoms with van der Waals surface area (Å²) < 4.78 is 43.4. The summed E-state index contributed by atoms with van der Waals surface area (Å²) in [5.74, 6) is -2.13. The van der Waals surface area contributed by atoms with E-state index in [9.17, 15) is 28.0 Å². The van der Waals surface area contributed by atoms with E-state index >= 15 is 0 Å². The Labute approximate surface area is 110 Å². The highest BCUT2D eigenvalue weighted by atomic mass is 32.2. The van der Waals surface area contributed by atoms with Crippen molar-refractivity contribution in [2.75, 3.05) is 0 Å². The summed E-state index contributed by atoms with van der Waals surface area (Å²) in [6, 6.07) is 0. The Bertz CT molecular complexity index is 360. The van der Waals surface area contributed by atoms with Gasteiger partial charge in [-0.25, -0.2) is 0 Å². The van der Waals surface area contributed by atoms with Gasteiger partial charge in [0.2, 0.25) is 4.75 Å². The van der Waals surface area contributed by atoms with Crippen LogP contribution in [0.5, 0.6) is 0 Å². The molecule has 0 radical (unpaired) electrons. The predicted molar refractivity (Wildman–Crippen MR) is 53.0 cm³/mol. The van der Waals surface area contributed by atoms with Crippen LogP contribution in [-0.2, 0) is 23.7 Å². The van der Waals surface area contributed by atoms with Crippen LogP contribution in [0.3, 0.4) is 0 Å². The van der Waals surface area contributed by atoms with Crippen LogP contribution < -0.4 is 5.26 Å². The highest BCUT2D eigenvalue weighted by molar-refractivity contribution is 7.96. The molecule has 0 aromatic heterocycles. The Hall–Kier alpha value is -0.840. The Morgan fingerprint density at radius 3 is 2.53 bits per heavy atom. The zero-order valence-electron chi connectivity index (χ0n) is 9.69. The second-order valence-electron chi connectivity index (χ2n) is 4.00. The Kier molecular flexibility index (Phi) is 5.18. The molecule has 0 aromatic carbocycles. The zero-order chi connectivity index (χ0) is 14.7. The number of carbonyl (C=O) groups is 2. The van der Waals surface area contributed by atoms with Crippen molar-refractivity contribution in [2.24, 2.45) is 0 Å². The maximum absolute atomic E-state index is 12.8. The van der Waals surface area contributed by atoms with E-state index in [0.717, 1.165) is 0 Å². The van der Waals surface area contributed by atoms with E-state index in [4.69, 9.17) is 0 Å². The van der Waals surface area contributed by atoms with Crippen LogP contribution in [0.4, 0.5) is 13.2 Å². The van der Waals surface area contributed by atoms with Gasteiger partial charge in [0.15, 0.2) is 11.9 Å². The Balaban J connectivity index is 2.79. The van der Waals surface area contributed by atoms with Gasteiger partial charge in [-0.3, -0.25) is 14.6 Å². The molecule has 1 fully saturated rings. The van der Waals surface area contributed by atoms with Gasteiger partial charge in [0.1, 0.15) is 0 Å². The quantitative estimate of drug-likeness (QED) is 0.322. The van der Waals surface area contributed by atoms with Crippen LogP contribution in [0.15, 0.2) is 0 Å². The third-order valence-corrected chi connectivity index (χ3v) is 3.51. The van der Waals surface area contributed by atoms with Gasteiger partial charge in [0.05, 0.1) is 12.0 Å². The third kappa shape index (κ3) is 3.59. The number of ether oxygens (including phenoxy) is 1. The van der Waals surface area contributed by atoms with Gasteiger partial charge < -0.3 is 9.99 Å². The second kappa shape index (κ2) is 6.07. The van der Waals surface area contributed by atoms with Gasteiger partial charge in [0, 0.05) is 6.42 Å². The molecule has 1 aliphatic carbocycles. The van der Waals surface area contributed by atoms with E-state index in [0.29, 0.717) is 13.3 Å². The molecule has 0 aliphatic heterocycles. The standard InChI is InChI=1S/C9H11F3O6S/c1-8(9(10,11)12,19-18-17-15)7(14)16-6-4-2-3-5(6)13/h6,15H,2-4H2,1H3/p-1. The van der Waals surface area contributed by atoms with Gasteiger partial charge in [-0.15, -0.1) is 0 Å². The van der Waals surface area contributed by atoms with Gasteiger partial charge >= 0.3 is 12.1 Å². The maximum Gasteiger partial charge on any atom is 0.415 e. The number of halogens is 3. The Morgan fingerprint density at radius 1 is 1.47 bits per heavy atom. The summed E-state index contributed by atoms with van der Waals surface area (Å²) in [6.07, 6.45) is -5.43. The van der Waals surface area contributed by atoms with Gasteiger partial charge in [-0.1, -0.05) is 0 Å². The van der Waals surface area contributed by atoms with Crippen LogP contribution in [0.2, 0.25) is 0 Å². The van der Waals surface area contributed by atoms with Crippen molar-refractivity contribution >= 4 is 23.8 Å². The van der Waals surface area contributed by atoms with E-state index in [2.05, 4.69) is 14.1 Å². The molecule has 0 saturated heterocycles. The summed E-state index contributed by atoms with van der Waals surface area (Å²) in [5, 5.41) is 12.4. The lowest BCUT2D eigenvalue weighted by atomic mass is 10.1. The minimum Gasteiger partial charge on any atom is -0.691 e. The molecular weight excluding hydrogens is 293 g/mol. The molecule has 0 bridgehead atoms. The lowest BCUT2D eigenvalue weighted by molar-refractivity contribution is -0.777. The van der Waals surface area contributed by atoms with Crippen molar-refractivity contribution < 1.29 is 42.1 Å². The molecule has 6 nitrogen and oxygen atoms in total. The van der Waals surface area contributed by atoms with Gasteiger partial charge in [-0.2, -0.15) is 17.5 Å². The SMILES string of the molecule is CC(SOO[O-])(C(=O)OC1CCCC1=O)C(F)(F)F. The van der Waals surface area contributed by atoms with E-state index in [1.165, 1.54) is 0 Å². The van der Waals surface area contributed by atoms with Gasteiger partial charge in [-0.05, 0) is 19.8 Å². The summed E-state index contributed by atoms with van der Waals surface area (Å²) in [7, 11) is 0. The smallest absolute Gasteiger partial charge is 0.415 e. The zero-order valence-corrected chi connectivity index (χ0v) is 10.5. The number of esters is 1. The number of hydrogen-bond acceptors (Lipinski definition) is 7. The summed E-state index contributed by atoms with van der Waals surface area (Å²) >= 11 is -0.522. The molecule has 110 valence electrons. The van der Waals surface area contributed by atoms with Crippen molar-refractivity contribution in [1.29, 1.82) is 0 Å². The first-order chi connectivity index (χ1) is 8.72. The molecule has 0 spiro atoms. The molecule has 19 heavy (non-hydrogen) atoms. The van der Waals surface area contributed by atoms with E-state index in [1.54, 1.807) is 0 Å². The van der Waals surface area contributed by atoms with Crippen LogP contribution in [0.1, 0.15) is 26.2 Å². The minimum atomic E-state index is -5.05. The number of alkyl halides is 3. The minimum absolute atomic E-state index is 0.161. The molecule has 1 rings (SSSR count). The first-order valence-electron chi connectivity index (χ1n) is 5.17. The Morgan fingerprint density at radius 2 is 2.11 bits per heavy atom. The highest BCUT2D eigenvalue weighted by Crippen LogP contribution is 2.43. The average Bonchev–Trinajstić information content (AvgIpc) is 2.70. The van der Waals surface area contributed by atoms with E-state index in [1.807, 2.05) is 0 Å². The third-order valence-electron chi connectivity index (χ3n) is 2.66. The molecule has 2 unspecified atom stereocenters. The van der Waals surface area contributed by atoms with Crippen LogP contribution >= 0.6 is 12.0 Å². The van der Waals surface area contributed by atoms with Crippen molar-refractivity contribution in [3.8, 4) is 0 Å². The predicted octanol–water partition coefficient (Wildman–Crippen LogP) is 0.844. The summed E-state index contributed by atoms with van der Waals surface area (Å²) in [5.41, 5.74) is 0. The fourth-order valence-corrected chi connectivity index (χ4v) is 1.80.